The number of para-hydroxylation sites is 1. The standard InChI is InChI=1S/C23H28N4O2S/c1-15(2)13-29-19-11-9-18(10-12-19)22-25-26-23(27(22)5)30-14-20(28)24-21-16(3)7-6-8-17(21)4/h6-12,15H,13-14H2,1-5H3,(H,24,28). The largest absolute Gasteiger partial charge is 0.493 e. The van der Waals surface area contributed by atoms with E-state index in [4.69, 9.17) is 4.74 Å². The highest BCUT2D eigenvalue weighted by atomic mass is 32.2. The SMILES string of the molecule is Cc1cccc(C)c1NC(=O)CSc1nnc(-c2ccc(OCC(C)C)cc2)n1C. The third kappa shape index (κ3) is 5.42. The first kappa shape index (κ1) is 21.9. The van der Waals surface area contributed by atoms with Gasteiger partial charge in [-0.2, -0.15) is 0 Å². The predicted octanol–water partition coefficient (Wildman–Crippen LogP) is 4.86. The second kappa shape index (κ2) is 9.80. The van der Waals surface area contributed by atoms with Gasteiger partial charge < -0.3 is 14.6 Å². The maximum Gasteiger partial charge on any atom is 0.234 e. The van der Waals surface area contributed by atoms with Crippen LogP contribution in [0.5, 0.6) is 5.75 Å². The minimum atomic E-state index is -0.0615. The van der Waals surface area contributed by atoms with Crippen molar-refractivity contribution in [1.29, 1.82) is 0 Å². The number of rotatable bonds is 8. The number of nitrogens with one attached hydrogen (secondary N) is 1. The number of carbonyl (C=O) groups is 1. The van der Waals surface area contributed by atoms with Gasteiger partial charge in [-0.15, -0.1) is 10.2 Å². The molecule has 30 heavy (non-hydrogen) atoms. The molecule has 0 saturated carbocycles. The van der Waals surface area contributed by atoms with Crippen molar-refractivity contribution in [1.82, 2.24) is 14.8 Å². The third-order valence-corrected chi connectivity index (χ3v) is 5.63. The minimum Gasteiger partial charge on any atom is -0.493 e. The molecular weight excluding hydrogens is 396 g/mol. The summed E-state index contributed by atoms with van der Waals surface area (Å²) in [6, 6.07) is 13.8. The maximum atomic E-state index is 12.4. The molecule has 0 saturated heterocycles. The highest BCUT2D eigenvalue weighted by molar-refractivity contribution is 7.99. The van der Waals surface area contributed by atoms with Gasteiger partial charge >= 0.3 is 0 Å². The zero-order valence-corrected chi connectivity index (χ0v) is 18.9. The van der Waals surface area contributed by atoms with Crippen LogP contribution < -0.4 is 10.1 Å². The fraction of sp³-hybridized carbons (Fsp3) is 0.348. The van der Waals surface area contributed by atoms with Gasteiger partial charge in [0.05, 0.1) is 12.4 Å². The zero-order chi connectivity index (χ0) is 21.7. The van der Waals surface area contributed by atoms with Crippen LogP contribution in [0.3, 0.4) is 0 Å². The molecular formula is C23H28N4O2S. The van der Waals surface area contributed by atoms with Gasteiger partial charge in [0.15, 0.2) is 11.0 Å². The van der Waals surface area contributed by atoms with Crippen LogP contribution in [0.1, 0.15) is 25.0 Å². The fourth-order valence-corrected chi connectivity index (χ4v) is 3.68. The second-order valence-corrected chi connectivity index (χ2v) is 8.64. The van der Waals surface area contributed by atoms with E-state index in [1.807, 2.05) is 67.9 Å². The van der Waals surface area contributed by atoms with Crippen molar-refractivity contribution in [3.05, 3.63) is 53.6 Å². The smallest absolute Gasteiger partial charge is 0.234 e. The van der Waals surface area contributed by atoms with Crippen molar-refractivity contribution in [3.8, 4) is 17.1 Å². The summed E-state index contributed by atoms with van der Waals surface area (Å²) in [5, 5.41) is 12.3. The molecule has 0 atom stereocenters. The van der Waals surface area contributed by atoms with Crippen molar-refractivity contribution in [2.45, 2.75) is 32.9 Å². The number of benzene rings is 2. The van der Waals surface area contributed by atoms with Gasteiger partial charge in [-0.05, 0) is 55.2 Å². The van der Waals surface area contributed by atoms with E-state index in [1.54, 1.807) is 0 Å². The molecule has 0 fully saturated rings. The number of amides is 1. The van der Waals surface area contributed by atoms with E-state index in [2.05, 4.69) is 29.4 Å². The Morgan fingerprint density at radius 1 is 1.10 bits per heavy atom. The van der Waals surface area contributed by atoms with E-state index in [1.165, 1.54) is 11.8 Å². The first-order chi connectivity index (χ1) is 14.3. The molecule has 1 aromatic heterocycles. The lowest BCUT2D eigenvalue weighted by molar-refractivity contribution is -0.113. The van der Waals surface area contributed by atoms with Crippen LogP contribution >= 0.6 is 11.8 Å². The van der Waals surface area contributed by atoms with Crippen molar-refractivity contribution in [2.24, 2.45) is 13.0 Å². The van der Waals surface area contributed by atoms with E-state index in [-0.39, 0.29) is 11.7 Å². The normalized spacial score (nSPS) is 11.0. The molecule has 158 valence electrons. The van der Waals surface area contributed by atoms with E-state index >= 15 is 0 Å². The first-order valence-electron chi connectivity index (χ1n) is 9.96. The lowest BCUT2D eigenvalue weighted by Crippen LogP contribution is -2.16. The summed E-state index contributed by atoms with van der Waals surface area (Å²) < 4.78 is 7.64. The van der Waals surface area contributed by atoms with Crippen LogP contribution in [-0.2, 0) is 11.8 Å². The summed E-state index contributed by atoms with van der Waals surface area (Å²) in [6.45, 7) is 8.91. The number of thioether (sulfide) groups is 1. The molecule has 3 aromatic rings. The summed E-state index contributed by atoms with van der Waals surface area (Å²) in [7, 11) is 1.91. The Bertz CT molecular complexity index is 992. The Morgan fingerprint density at radius 3 is 2.40 bits per heavy atom. The number of nitrogens with zero attached hydrogens (tertiary/aromatic N) is 3. The highest BCUT2D eigenvalue weighted by Crippen LogP contribution is 2.25. The van der Waals surface area contributed by atoms with Gasteiger partial charge in [-0.3, -0.25) is 4.79 Å². The molecule has 0 radical (unpaired) electrons. The monoisotopic (exact) mass is 424 g/mol. The number of hydrogen-bond donors (Lipinski definition) is 1. The van der Waals surface area contributed by atoms with Crippen molar-refractivity contribution >= 4 is 23.4 Å². The molecule has 6 nitrogen and oxygen atoms in total. The van der Waals surface area contributed by atoms with Crippen LogP contribution in [0.15, 0.2) is 47.6 Å². The van der Waals surface area contributed by atoms with Gasteiger partial charge in [0.1, 0.15) is 5.75 Å². The number of carbonyl (C=O) groups excluding carboxylic acids is 1. The summed E-state index contributed by atoms with van der Waals surface area (Å²) in [6.07, 6.45) is 0. The summed E-state index contributed by atoms with van der Waals surface area (Å²) in [4.78, 5) is 12.4. The van der Waals surface area contributed by atoms with Crippen LogP contribution in [0, 0.1) is 19.8 Å². The molecule has 1 amide bonds. The quantitative estimate of drug-likeness (QED) is 0.523. The topological polar surface area (TPSA) is 69.0 Å². The highest BCUT2D eigenvalue weighted by Gasteiger charge is 2.14. The van der Waals surface area contributed by atoms with Crippen LogP contribution in [0.2, 0.25) is 0 Å². The number of aromatic nitrogens is 3. The van der Waals surface area contributed by atoms with Crippen LogP contribution in [-0.4, -0.2) is 33.0 Å². The van der Waals surface area contributed by atoms with Crippen molar-refractivity contribution in [3.63, 3.8) is 0 Å². The first-order valence-corrected chi connectivity index (χ1v) is 10.9. The van der Waals surface area contributed by atoms with E-state index in [0.29, 0.717) is 17.7 Å². The molecule has 1 heterocycles. The Labute approximate surface area is 182 Å². The molecule has 1 N–H and O–H groups in total. The van der Waals surface area contributed by atoms with Crippen molar-refractivity contribution < 1.29 is 9.53 Å². The average molecular weight is 425 g/mol. The predicted molar refractivity (Wildman–Crippen MR) is 122 cm³/mol. The van der Waals surface area contributed by atoms with E-state index in [9.17, 15) is 4.79 Å². The summed E-state index contributed by atoms with van der Waals surface area (Å²) >= 11 is 1.37. The molecule has 0 aliphatic rings. The van der Waals surface area contributed by atoms with Gasteiger partial charge in [0, 0.05) is 18.3 Å². The fourth-order valence-electron chi connectivity index (χ4n) is 2.97. The molecule has 0 aliphatic heterocycles. The molecule has 0 unspecified atom stereocenters. The van der Waals surface area contributed by atoms with Crippen LogP contribution in [0.25, 0.3) is 11.4 Å². The van der Waals surface area contributed by atoms with Gasteiger partial charge in [-0.1, -0.05) is 43.8 Å². The molecule has 0 aliphatic carbocycles. The van der Waals surface area contributed by atoms with Gasteiger partial charge in [-0.25, -0.2) is 0 Å². The molecule has 0 spiro atoms. The third-order valence-electron chi connectivity index (χ3n) is 4.61. The van der Waals surface area contributed by atoms with E-state index < -0.39 is 0 Å². The van der Waals surface area contributed by atoms with Crippen LogP contribution in [0.4, 0.5) is 5.69 Å². The van der Waals surface area contributed by atoms with Gasteiger partial charge in [0.2, 0.25) is 5.91 Å². The Balaban J connectivity index is 1.62. The second-order valence-electron chi connectivity index (χ2n) is 7.70. The lowest BCUT2D eigenvalue weighted by Gasteiger charge is -2.11. The number of hydrogen-bond acceptors (Lipinski definition) is 5. The van der Waals surface area contributed by atoms with Crippen molar-refractivity contribution in [2.75, 3.05) is 17.7 Å². The Morgan fingerprint density at radius 2 is 1.77 bits per heavy atom. The maximum absolute atomic E-state index is 12.4. The molecule has 2 aromatic carbocycles. The number of aryl methyl sites for hydroxylation is 2. The van der Waals surface area contributed by atoms with Gasteiger partial charge in [0.25, 0.3) is 0 Å². The molecule has 3 rings (SSSR count). The lowest BCUT2D eigenvalue weighted by atomic mass is 10.1. The Kier molecular flexibility index (Phi) is 7.15. The minimum absolute atomic E-state index is 0.0615. The molecule has 0 bridgehead atoms. The molecule has 7 heteroatoms. The average Bonchev–Trinajstić information content (AvgIpc) is 3.08. The number of anilines is 1. The number of ether oxygens (including phenoxy) is 1. The Hall–Kier alpha value is -2.80. The van der Waals surface area contributed by atoms with E-state index in [0.717, 1.165) is 34.0 Å². The summed E-state index contributed by atoms with van der Waals surface area (Å²) in [5.74, 6) is 2.28. The zero-order valence-electron chi connectivity index (χ0n) is 18.1. The summed E-state index contributed by atoms with van der Waals surface area (Å²) in [5.41, 5.74) is 3.93.